The Labute approximate surface area is 111 Å². The summed E-state index contributed by atoms with van der Waals surface area (Å²) in [6, 6.07) is 0. The molecule has 0 saturated carbocycles. The highest BCUT2D eigenvalue weighted by atomic mass is 15.1. The first-order valence-corrected chi connectivity index (χ1v) is 6.59. The maximum Gasteiger partial charge on any atom is 0.223 e. The van der Waals surface area contributed by atoms with E-state index in [1.54, 1.807) is 0 Å². The van der Waals surface area contributed by atoms with Crippen LogP contribution >= 0.6 is 0 Å². The van der Waals surface area contributed by atoms with E-state index in [9.17, 15) is 0 Å². The van der Waals surface area contributed by atoms with Crippen molar-refractivity contribution in [2.45, 2.75) is 53.6 Å². The lowest BCUT2D eigenvalue weighted by Gasteiger charge is -2.21. The Hall–Kier alpha value is -1.16. The normalized spacial score (nSPS) is 11.9. The number of hydrogen-bond acceptors (Lipinski definition) is 4. The largest absolute Gasteiger partial charge is 0.350 e. The summed E-state index contributed by atoms with van der Waals surface area (Å²) in [5, 5.41) is 6.69. The Morgan fingerprint density at radius 2 is 1.94 bits per heavy atom. The molecule has 0 aliphatic carbocycles. The van der Waals surface area contributed by atoms with Gasteiger partial charge in [-0.15, -0.1) is 0 Å². The molecule has 1 rings (SSSR count). The van der Waals surface area contributed by atoms with E-state index in [1.165, 1.54) is 0 Å². The van der Waals surface area contributed by atoms with Crippen LogP contribution in [0.15, 0.2) is 6.20 Å². The molecule has 0 atom stereocenters. The van der Waals surface area contributed by atoms with Gasteiger partial charge in [0.15, 0.2) is 0 Å². The van der Waals surface area contributed by atoms with Gasteiger partial charge in [0.2, 0.25) is 5.95 Å². The minimum atomic E-state index is -0.0101. The number of hydrogen-bond donors (Lipinski definition) is 2. The van der Waals surface area contributed by atoms with Crippen molar-refractivity contribution in [1.29, 1.82) is 0 Å². The van der Waals surface area contributed by atoms with E-state index < -0.39 is 0 Å². The van der Waals surface area contributed by atoms with Gasteiger partial charge in [-0.3, -0.25) is 0 Å². The summed E-state index contributed by atoms with van der Waals surface area (Å²) in [5.74, 6) is 1.36. The van der Waals surface area contributed by atoms with Crippen molar-refractivity contribution in [3.8, 4) is 0 Å². The molecule has 0 spiro atoms. The number of nitrogens with zero attached hydrogens (tertiary/aromatic N) is 2. The summed E-state index contributed by atoms with van der Waals surface area (Å²) < 4.78 is 0. The molecule has 1 heterocycles. The van der Waals surface area contributed by atoms with E-state index in [1.807, 2.05) is 13.1 Å². The molecule has 0 radical (unpaired) electrons. The van der Waals surface area contributed by atoms with E-state index in [4.69, 9.17) is 0 Å². The van der Waals surface area contributed by atoms with Gasteiger partial charge in [-0.2, -0.15) is 0 Å². The maximum absolute atomic E-state index is 4.49. The van der Waals surface area contributed by atoms with Gasteiger partial charge < -0.3 is 10.6 Å². The van der Waals surface area contributed by atoms with Gasteiger partial charge in [0.05, 0.1) is 0 Å². The van der Waals surface area contributed by atoms with E-state index in [0.717, 1.165) is 24.3 Å². The van der Waals surface area contributed by atoms with Crippen LogP contribution in [0.25, 0.3) is 0 Å². The Bertz CT molecular complexity index is 380. The predicted octanol–water partition coefficient (Wildman–Crippen LogP) is 2.74. The van der Waals surface area contributed by atoms with Gasteiger partial charge >= 0.3 is 0 Å². The SMILES string of the molecule is Cc1nc(NC(C)(C)C)ncc1CNCC(C)C. The van der Waals surface area contributed by atoms with Gasteiger partial charge in [-0.05, 0) is 40.2 Å². The molecule has 0 saturated heterocycles. The van der Waals surface area contributed by atoms with Crippen LogP contribution in [0.3, 0.4) is 0 Å². The van der Waals surface area contributed by atoms with Crippen LogP contribution in [0.2, 0.25) is 0 Å². The fraction of sp³-hybridized carbons (Fsp3) is 0.714. The smallest absolute Gasteiger partial charge is 0.223 e. The second kappa shape index (κ2) is 6.14. The van der Waals surface area contributed by atoms with Crippen molar-refractivity contribution in [2.24, 2.45) is 5.92 Å². The Kier molecular flexibility index (Phi) is 5.08. The third-order valence-electron chi connectivity index (χ3n) is 2.44. The first-order chi connectivity index (χ1) is 8.28. The number of aryl methyl sites for hydroxylation is 1. The van der Waals surface area contributed by atoms with Crippen molar-refractivity contribution in [1.82, 2.24) is 15.3 Å². The van der Waals surface area contributed by atoms with Crippen LogP contribution in [0.5, 0.6) is 0 Å². The first-order valence-electron chi connectivity index (χ1n) is 6.59. The first kappa shape index (κ1) is 14.9. The van der Waals surface area contributed by atoms with Gasteiger partial charge in [0, 0.05) is 29.5 Å². The van der Waals surface area contributed by atoms with Crippen molar-refractivity contribution in [3.63, 3.8) is 0 Å². The van der Waals surface area contributed by atoms with Gasteiger partial charge in [0.1, 0.15) is 0 Å². The summed E-state index contributed by atoms with van der Waals surface area (Å²) in [6.07, 6.45) is 1.91. The van der Waals surface area contributed by atoms with Crippen LogP contribution in [-0.4, -0.2) is 22.1 Å². The Balaban J connectivity index is 2.62. The van der Waals surface area contributed by atoms with Crippen molar-refractivity contribution in [3.05, 3.63) is 17.5 Å². The summed E-state index contributed by atoms with van der Waals surface area (Å²) >= 11 is 0. The second-order valence-electron chi connectivity index (χ2n) is 6.20. The molecule has 4 nitrogen and oxygen atoms in total. The molecule has 2 N–H and O–H groups in total. The summed E-state index contributed by atoms with van der Waals surface area (Å²) in [7, 11) is 0. The van der Waals surface area contributed by atoms with Crippen LogP contribution in [0.4, 0.5) is 5.95 Å². The molecule has 0 aliphatic heterocycles. The van der Waals surface area contributed by atoms with Gasteiger partial charge in [-0.25, -0.2) is 9.97 Å². The molecule has 0 unspecified atom stereocenters. The lowest BCUT2D eigenvalue weighted by Crippen LogP contribution is -2.27. The van der Waals surface area contributed by atoms with Crippen LogP contribution in [-0.2, 0) is 6.54 Å². The number of anilines is 1. The molecule has 102 valence electrons. The Morgan fingerprint density at radius 3 is 2.44 bits per heavy atom. The highest BCUT2D eigenvalue weighted by Gasteiger charge is 2.12. The monoisotopic (exact) mass is 250 g/mol. The molecule has 0 aromatic carbocycles. The third-order valence-corrected chi connectivity index (χ3v) is 2.44. The molecule has 0 amide bonds. The highest BCUT2D eigenvalue weighted by molar-refractivity contribution is 5.31. The fourth-order valence-corrected chi connectivity index (χ4v) is 1.56. The molecule has 0 aliphatic rings. The molecule has 0 fully saturated rings. The lowest BCUT2D eigenvalue weighted by atomic mass is 10.1. The summed E-state index contributed by atoms with van der Waals surface area (Å²) in [4.78, 5) is 8.85. The van der Waals surface area contributed by atoms with Crippen LogP contribution < -0.4 is 10.6 Å². The van der Waals surface area contributed by atoms with Crippen molar-refractivity contribution < 1.29 is 0 Å². The average Bonchev–Trinajstić information content (AvgIpc) is 2.18. The predicted molar refractivity (Wildman–Crippen MR) is 76.7 cm³/mol. The number of nitrogens with one attached hydrogen (secondary N) is 2. The molecule has 0 bridgehead atoms. The maximum atomic E-state index is 4.49. The minimum absolute atomic E-state index is 0.0101. The van der Waals surface area contributed by atoms with Gasteiger partial charge in [0.25, 0.3) is 0 Å². The zero-order valence-electron chi connectivity index (χ0n) is 12.5. The average molecular weight is 250 g/mol. The zero-order chi connectivity index (χ0) is 13.8. The second-order valence-corrected chi connectivity index (χ2v) is 6.20. The van der Waals surface area contributed by atoms with Crippen LogP contribution in [0, 0.1) is 12.8 Å². The van der Waals surface area contributed by atoms with Crippen molar-refractivity contribution in [2.75, 3.05) is 11.9 Å². The third kappa shape index (κ3) is 5.45. The van der Waals surface area contributed by atoms with Gasteiger partial charge in [-0.1, -0.05) is 13.8 Å². The minimum Gasteiger partial charge on any atom is -0.350 e. The van der Waals surface area contributed by atoms with E-state index >= 15 is 0 Å². The zero-order valence-corrected chi connectivity index (χ0v) is 12.5. The van der Waals surface area contributed by atoms with E-state index in [-0.39, 0.29) is 5.54 Å². The van der Waals surface area contributed by atoms with Crippen molar-refractivity contribution >= 4 is 5.95 Å². The quantitative estimate of drug-likeness (QED) is 0.843. The number of rotatable bonds is 5. The topological polar surface area (TPSA) is 49.8 Å². The molecular formula is C14H26N4. The summed E-state index contributed by atoms with van der Waals surface area (Å²) in [5.41, 5.74) is 2.19. The molecule has 1 aromatic heterocycles. The Morgan fingerprint density at radius 1 is 1.28 bits per heavy atom. The fourth-order valence-electron chi connectivity index (χ4n) is 1.56. The molecule has 4 heteroatoms. The van der Waals surface area contributed by atoms with E-state index in [2.05, 4.69) is 55.2 Å². The lowest BCUT2D eigenvalue weighted by molar-refractivity contribution is 0.550. The van der Waals surface area contributed by atoms with E-state index in [0.29, 0.717) is 11.9 Å². The highest BCUT2D eigenvalue weighted by Crippen LogP contribution is 2.12. The molecular weight excluding hydrogens is 224 g/mol. The standard InChI is InChI=1S/C14H26N4/c1-10(2)7-15-8-12-9-16-13(17-11(12)3)18-14(4,5)6/h9-10,15H,7-8H2,1-6H3,(H,16,17,18). The molecule has 1 aromatic rings. The van der Waals surface area contributed by atoms with Crippen LogP contribution in [0.1, 0.15) is 45.9 Å². The summed E-state index contributed by atoms with van der Waals surface area (Å²) in [6.45, 7) is 14.6. The molecule has 18 heavy (non-hydrogen) atoms. The number of aromatic nitrogens is 2.